The molecule has 3 fully saturated rings. The summed E-state index contributed by atoms with van der Waals surface area (Å²) in [7, 11) is 2.35. The molecule has 44 heavy (non-hydrogen) atoms. The topological polar surface area (TPSA) is 78.7 Å². The van der Waals surface area contributed by atoms with Gasteiger partial charge < -0.3 is 15.5 Å². The fourth-order valence-corrected chi connectivity index (χ4v) is 9.40. The third-order valence-corrected chi connectivity index (χ3v) is 9.87. The van der Waals surface area contributed by atoms with E-state index in [1.165, 1.54) is 45.1 Å². The van der Waals surface area contributed by atoms with Crippen LogP contribution in [-0.4, -0.2) is 89.0 Å². The summed E-state index contributed by atoms with van der Waals surface area (Å²) in [5, 5.41) is 23.0. The number of hydrogen-bond acceptors (Lipinski definition) is 8. The first-order chi connectivity index (χ1) is 20.0. The maximum Gasteiger partial charge on any atom is 0.117 e. The molecule has 0 aromatic carbocycles. The first kappa shape index (κ1) is 38.1. The van der Waals surface area contributed by atoms with Crippen LogP contribution in [-0.2, 0) is 0 Å². The van der Waals surface area contributed by atoms with Crippen LogP contribution in [0.4, 0.5) is 0 Å². The number of rotatable bonds is 13. The number of piperidine rings is 2. The number of hydrogen-bond donors (Lipinski definition) is 6. The molecule has 0 aromatic rings. The van der Waals surface area contributed by atoms with Crippen molar-refractivity contribution >= 4 is 0 Å². The molecule has 3 saturated heterocycles. The van der Waals surface area contributed by atoms with E-state index in [1.54, 1.807) is 0 Å². The van der Waals surface area contributed by atoms with Crippen molar-refractivity contribution in [1.29, 1.82) is 0 Å². The Morgan fingerprint density at radius 1 is 0.659 bits per heavy atom. The lowest BCUT2D eigenvalue weighted by Gasteiger charge is -2.52. The minimum atomic E-state index is 0.0289. The van der Waals surface area contributed by atoms with Gasteiger partial charge in [-0.3, -0.25) is 26.2 Å². The molecule has 6 N–H and O–H groups in total. The molecule has 3 rings (SSSR count). The van der Waals surface area contributed by atoms with Gasteiger partial charge in [0.15, 0.2) is 0 Å². The summed E-state index contributed by atoms with van der Waals surface area (Å²) in [5.41, 5.74) is 0.946. The summed E-state index contributed by atoms with van der Waals surface area (Å²) in [4.78, 5) is 5.41. The first-order valence-electron chi connectivity index (χ1n) is 18.0. The third kappa shape index (κ3) is 12.7. The highest BCUT2D eigenvalue weighted by Crippen LogP contribution is 2.34. The molecule has 8 nitrogen and oxygen atoms in total. The average molecular weight is 621 g/mol. The van der Waals surface area contributed by atoms with Crippen LogP contribution in [0, 0.1) is 5.41 Å². The zero-order valence-corrected chi connectivity index (χ0v) is 31.7. The fraction of sp³-hybridized carbons (Fsp3) is 1.00. The van der Waals surface area contributed by atoms with Crippen molar-refractivity contribution in [2.75, 3.05) is 26.8 Å². The maximum atomic E-state index is 3.92. The van der Waals surface area contributed by atoms with E-state index in [4.69, 9.17) is 0 Å². The fourth-order valence-electron chi connectivity index (χ4n) is 9.40. The second-order valence-corrected chi connectivity index (χ2v) is 19.4. The van der Waals surface area contributed by atoms with Gasteiger partial charge in [-0.15, -0.1) is 0 Å². The minimum Gasteiger partial charge on any atom is -0.307 e. The standard InChI is InChI=1S/C36H76N8/c1-31(2,3)25-36(12,13)40-29-37-26-38-30(39-29)44(28-23-34(8,9)42-35(10,11)24-28)20-18-16-15-17-19-43(14)27-21-32(4,5)41-33(6,7)22-27/h27-30,37-42H,15-26H2,1-14H3. The molecule has 3 heterocycles. The van der Waals surface area contributed by atoms with E-state index >= 15 is 0 Å². The Bertz CT molecular complexity index is 857. The molecule has 0 aliphatic carbocycles. The molecule has 3 aliphatic rings. The molecule has 0 radical (unpaired) electrons. The molecule has 0 bridgehead atoms. The Hall–Kier alpha value is -0.320. The van der Waals surface area contributed by atoms with Crippen LogP contribution >= 0.6 is 0 Å². The summed E-state index contributed by atoms with van der Waals surface area (Å²) < 4.78 is 0. The smallest absolute Gasteiger partial charge is 0.117 e. The third-order valence-electron chi connectivity index (χ3n) is 9.87. The van der Waals surface area contributed by atoms with Gasteiger partial charge in [0.2, 0.25) is 0 Å². The molecule has 0 aromatic heterocycles. The summed E-state index contributed by atoms with van der Waals surface area (Å²) in [6.07, 6.45) is 11.2. The van der Waals surface area contributed by atoms with Gasteiger partial charge in [0, 0.05) is 46.3 Å². The quantitative estimate of drug-likeness (QED) is 0.151. The van der Waals surface area contributed by atoms with Crippen molar-refractivity contribution in [3.8, 4) is 0 Å². The highest BCUT2D eigenvalue weighted by Gasteiger charge is 2.43. The van der Waals surface area contributed by atoms with Gasteiger partial charge in [0.05, 0.1) is 6.67 Å². The van der Waals surface area contributed by atoms with Gasteiger partial charge >= 0.3 is 0 Å². The van der Waals surface area contributed by atoms with Gasteiger partial charge in [-0.2, -0.15) is 0 Å². The zero-order valence-electron chi connectivity index (χ0n) is 31.7. The number of nitrogens with one attached hydrogen (secondary N) is 6. The van der Waals surface area contributed by atoms with Crippen LogP contribution in [0.15, 0.2) is 0 Å². The Labute approximate surface area is 273 Å². The van der Waals surface area contributed by atoms with Crippen LogP contribution < -0.4 is 31.9 Å². The van der Waals surface area contributed by atoms with E-state index in [0.29, 0.717) is 12.1 Å². The zero-order chi connectivity index (χ0) is 33.2. The number of unbranched alkanes of at least 4 members (excludes halogenated alkanes) is 3. The predicted molar refractivity (Wildman–Crippen MR) is 190 cm³/mol. The van der Waals surface area contributed by atoms with Gasteiger partial charge in [0.25, 0.3) is 0 Å². The SMILES string of the molecule is CN(CCCCCCN(C1CC(C)(C)NC(C)(C)C1)C1NCNC(NC(C)(C)CC(C)(C)C)N1)C1CC(C)(C)NC(C)(C)C1. The second kappa shape index (κ2) is 14.4. The summed E-state index contributed by atoms with van der Waals surface area (Å²) in [5.74, 6) is 0. The molecular weight excluding hydrogens is 544 g/mol. The van der Waals surface area contributed by atoms with E-state index in [-0.39, 0.29) is 45.7 Å². The first-order valence-corrected chi connectivity index (χ1v) is 18.0. The van der Waals surface area contributed by atoms with E-state index in [2.05, 4.69) is 139 Å². The minimum absolute atomic E-state index is 0.0289. The van der Waals surface area contributed by atoms with Crippen molar-refractivity contribution in [3.63, 3.8) is 0 Å². The molecule has 2 unspecified atom stereocenters. The Morgan fingerprint density at radius 2 is 1.14 bits per heavy atom. The van der Waals surface area contributed by atoms with Crippen LogP contribution in [0.2, 0.25) is 0 Å². The molecular formula is C36H76N8. The van der Waals surface area contributed by atoms with E-state index in [9.17, 15) is 0 Å². The van der Waals surface area contributed by atoms with Crippen LogP contribution in [0.5, 0.6) is 0 Å². The normalized spacial score (nSPS) is 28.1. The van der Waals surface area contributed by atoms with Crippen molar-refractivity contribution in [2.45, 2.75) is 200 Å². The van der Waals surface area contributed by atoms with E-state index in [0.717, 1.165) is 32.5 Å². The highest BCUT2D eigenvalue weighted by atomic mass is 15.5. The Morgan fingerprint density at radius 3 is 1.64 bits per heavy atom. The molecule has 3 aliphatic heterocycles. The monoisotopic (exact) mass is 621 g/mol. The summed E-state index contributed by atoms with van der Waals surface area (Å²) in [6.45, 7) is 33.7. The molecule has 0 saturated carbocycles. The van der Waals surface area contributed by atoms with Crippen molar-refractivity contribution in [1.82, 2.24) is 41.7 Å². The van der Waals surface area contributed by atoms with Gasteiger partial charge in [-0.1, -0.05) is 33.6 Å². The molecule has 8 heteroatoms. The van der Waals surface area contributed by atoms with Crippen molar-refractivity contribution < 1.29 is 0 Å². The number of nitrogens with zero attached hydrogens (tertiary/aromatic N) is 2. The Kier molecular flexibility index (Phi) is 12.5. The van der Waals surface area contributed by atoms with Gasteiger partial charge in [0.1, 0.15) is 12.6 Å². The molecule has 0 amide bonds. The largest absolute Gasteiger partial charge is 0.307 e. The second-order valence-electron chi connectivity index (χ2n) is 19.4. The molecule has 0 spiro atoms. The lowest BCUT2D eigenvalue weighted by molar-refractivity contribution is -0.00910. The predicted octanol–water partition coefficient (Wildman–Crippen LogP) is 5.51. The van der Waals surface area contributed by atoms with Gasteiger partial charge in [-0.25, -0.2) is 0 Å². The van der Waals surface area contributed by atoms with Crippen molar-refractivity contribution in [3.05, 3.63) is 0 Å². The van der Waals surface area contributed by atoms with Crippen LogP contribution in [0.25, 0.3) is 0 Å². The molecule has 260 valence electrons. The highest BCUT2D eigenvalue weighted by molar-refractivity contribution is 5.02. The maximum absolute atomic E-state index is 3.92. The Balaban J connectivity index is 1.58. The lowest BCUT2D eigenvalue weighted by Crippen LogP contribution is -2.75. The summed E-state index contributed by atoms with van der Waals surface area (Å²) >= 11 is 0. The van der Waals surface area contributed by atoms with E-state index in [1.807, 2.05) is 0 Å². The van der Waals surface area contributed by atoms with E-state index < -0.39 is 0 Å². The lowest BCUT2D eigenvalue weighted by atomic mass is 9.79. The van der Waals surface area contributed by atoms with Gasteiger partial charge in [-0.05, 0) is 133 Å². The average Bonchev–Trinajstić information content (AvgIpc) is 2.77. The van der Waals surface area contributed by atoms with Crippen LogP contribution in [0.3, 0.4) is 0 Å². The van der Waals surface area contributed by atoms with Crippen LogP contribution in [0.1, 0.15) is 148 Å². The van der Waals surface area contributed by atoms with Crippen molar-refractivity contribution in [2.24, 2.45) is 5.41 Å². The summed E-state index contributed by atoms with van der Waals surface area (Å²) in [6, 6.07) is 1.18. The molecule has 2 atom stereocenters.